The second-order valence-electron chi connectivity index (χ2n) is 4.59. The number of hydrogen-bond donors (Lipinski definition) is 1. The number of carboxylic acid groups (broad SMARTS) is 1. The van der Waals surface area contributed by atoms with E-state index >= 15 is 0 Å². The average Bonchev–Trinajstić information content (AvgIpc) is 2.55. The summed E-state index contributed by atoms with van der Waals surface area (Å²) in [5, 5.41) is 9.58. The van der Waals surface area contributed by atoms with E-state index in [9.17, 15) is 14.4 Å². The summed E-state index contributed by atoms with van der Waals surface area (Å²) in [6.45, 7) is -0.593. The van der Waals surface area contributed by atoms with E-state index in [-0.39, 0.29) is 6.42 Å². The number of likely N-dealkylation sites (tertiary alicyclic amines) is 1. The fourth-order valence-corrected chi connectivity index (χ4v) is 2.80. The molecule has 1 aliphatic rings. The number of halogens is 2. The van der Waals surface area contributed by atoms with Gasteiger partial charge in [0.25, 0.3) is 0 Å². The summed E-state index contributed by atoms with van der Waals surface area (Å²) in [5.41, 5.74) is 0.742. The lowest BCUT2D eigenvalue weighted by molar-refractivity contribution is -0.149. The molecule has 1 aliphatic heterocycles. The second-order valence-corrected chi connectivity index (χ2v) is 5.47. The molecule has 20 heavy (non-hydrogen) atoms. The first-order valence-corrected chi connectivity index (χ1v) is 6.63. The van der Waals surface area contributed by atoms with Crippen LogP contribution in [0.2, 0.25) is 10.0 Å². The zero-order chi connectivity index (χ0) is 14.9. The van der Waals surface area contributed by atoms with Crippen molar-refractivity contribution >= 4 is 41.0 Å². The Bertz CT molecular complexity index is 567. The molecule has 5 nitrogen and oxygen atoms in total. The van der Waals surface area contributed by atoms with Gasteiger partial charge in [0.15, 0.2) is 0 Å². The zero-order valence-corrected chi connectivity index (χ0v) is 11.8. The molecule has 0 aromatic heterocycles. The monoisotopic (exact) mass is 315 g/mol. The molecule has 1 aromatic carbocycles. The summed E-state index contributed by atoms with van der Waals surface area (Å²) < 4.78 is 0. The highest BCUT2D eigenvalue weighted by molar-refractivity contribution is 6.34. The molecule has 1 saturated heterocycles. The normalized spacial score (nSPS) is 18.7. The lowest BCUT2D eigenvalue weighted by atomic mass is 9.98. The third kappa shape index (κ3) is 3.29. The van der Waals surface area contributed by atoms with Gasteiger partial charge in [-0.15, -0.1) is 0 Å². The van der Waals surface area contributed by atoms with Crippen LogP contribution in [0.1, 0.15) is 12.0 Å². The Labute approximate surface area is 125 Å². The molecule has 0 bridgehead atoms. The maximum Gasteiger partial charge on any atom is 0.323 e. The Balaban J connectivity index is 2.13. The van der Waals surface area contributed by atoms with E-state index in [1.54, 1.807) is 18.2 Å². The molecule has 2 amide bonds. The first kappa shape index (κ1) is 14.8. The van der Waals surface area contributed by atoms with Crippen LogP contribution in [-0.4, -0.2) is 34.3 Å². The van der Waals surface area contributed by atoms with E-state index in [1.807, 2.05) is 0 Å². The third-order valence-corrected chi connectivity index (χ3v) is 3.47. The standard InChI is InChI=1S/C13H11Cl2NO4/c14-9-2-7(3-10(15)5-9)1-8-4-11(17)16(13(8)20)6-12(18)19/h2-3,5,8H,1,4,6H2,(H,18,19). The van der Waals surface area contributed by atoms with Gasteiger partial charge in [0.05, 0.1) is 5.92 Å². The summed E-state index contributed by atoms with van der Waals surface area (Å²) in [7, 11) is 0. The van der Waals surface area contributed by atoms with Crippen LogP contribution in [0.4, 0.5) is 0 Å². The molecule has 7 heteroatoms. The lowest BCUT2D eigenvalue weighted by Gasteiger charge is -2.12. The smallest absolute Gasteiger partial charge is 0.323 e. The van der Waals surface area contributed by atoms with Gasteiger partial charge in [0, 0.05) is 16.5 Å². The molecule has 1 atom stereocenters. The third-order valence-electron chi connectivity index (χ3n) is 3.04. The minimum Gasteiger partial charge on any atom is -0.480 e. The Morgan fingerprint density at radius 3 is 2.40 bits per heavy atom. The molecular weight excluding hydrogens is 305 g/mol. The predicted molar refractivity (Wildman–Crippen MR) is 72.6 cm³/mol. The predicted octanol–water partition coefficient (Wildman–Crippen LogP) is 2.00. The highest BCUT2D eigenvalue weighted by Crippen LogP contribution is 2.26. The number of aliphatic carboxylic acids is 1. The van der Waals surface area contributed by atoms with Crippen molar-refractivity contribution in [2.45, 2.75) is 12.8 Å². The SMILES string of the molecule is O=C(O)CN1C(=O)CC(Cc2cc(Cl)cc(Cl)c2)C1=O. The fraction of sp³-hybridized carbons (Fsp3) is 0.308. The number of nitrogens with zero attached hydrogens (tertiary/aromatic N) is 1. The van der Waals surface area contributed by atoms with Crippen molar-refractivity contribution < 1.29 is 19.5 Å². The molecule has 0 radical (unpaired) electrons. The summed E-state index contributed by atoms with van der Waals surface area (Å²) in [4.78, 5) is 35.0. The Kier molecular flexibility index (Phi) is 4.30. The van der Waals surface area contributed by atoms with Crippen molar-refractivity contribution in [2.24, 2.45) is 5.92 Å². The van der Waals surface area contributed by atoms with Crippen LogP contribution in [0.3, 0.4) is 0 Å². The highest BCUT2D eigenvalue weighted by atomic mass is 35.5. The van der Waals surface area contributed by atoms with Gasteiger partial charge in [-0.25, -0.2) is 0 Å². The fourth-order valence-electron chi connectivity index (χ4n) is 2.23. The number of hydrogen-bond acceptors (Lipinski definition) is 3. The molecule has 1 unspecified atom stereocenters. The van der Waals surface area contributed by atoms with Crippen molar-refractivity contribution in [2.75, 3.05) is 6.54 Å². The topological polar surface area (TPSA) is 74.7 Å². The zero-order valence-electron chi connectivity index (χ0n) is 10.3. The van der Waals surface area contributed by atoms with Gasteiger partial charge in [-0.2, -0.15) is 0 Å². The summed E-state index contributed by atoms with van der Waals surface area (Å²) in [6.07, 6.45) is 0.317. The van der Waals surface area contributed by atoms with E-state index in [0.717, 1.165) is 10.5 Å². The van der Waals surface area contributed by atoms with Gasteiger partial charge in [-0.1, -0.05) is 23.2 Å². The van der Waals surface area contributed by atoms with Crippen LogP contribution >= 0.6 is 23.2 Å². The average molecular weight is 316 g/mol. The van der Waals surface area contributed by atoms with Crippen molar-refractivity contribution in [3.05, 3.63) is 33.8 Å². The quantitative estimate of drug-likeness (QED) is 0.862. The molecule has 0 spiro atoms. The van der Waals surface area contributed by atoms with Crippen molar-refractivity contribution in [3.63, 3.8) is 0 Å². The summed E-state index contributed by atoms with van der Waals surface area (Å²) in [6, 6.07) is 4.92. The first-order chi connectivity index (χ1) is 9.36. The first-order valence-electron chi connectivity index (χ1n) is 5.88. The van der Waals surface area contributed by atoms with Gasteiger partial charge in [0.1, 0.15) is 6.54 Å². The number of amides is 2. The number of carbonyl (C=O) groups excluding carboxylic acids is 2. The molecule has 0 aliphatic carbocycles. The number of carboxylic acids is 1. The van der Waals surface area contributed by atoms with Crippen LogP contribution < -0.4 is 0 Å². The van der Waals surface area contributed by atoms with Gasteiger partial charge in [-0.3, -0.25) is 19.3 Å². The van der Waals surface area contributed by atoms with Crippen LogP contribution in [0.25, 0.3) is 0 Å². The minimum absolute atomic E-state index is 0.0102. The lowest BCUT2D eigenvalue weighted by Crippen LogP contribution is -2.35. The van der Waals surface area contributed by atoms with E-state index in [1.165, 1.54) is 0 Å². The number of rotatable bonds is 4. The van der Waals surface area contributed by atoms with Gasteiger partial charge < -0.3 is 5.11 Å². The second kappa shape index (κ2) is 5.81. The Morgan fingerprint density at radius 1 is 1.25 bits per heavy atom. The number of imide groups is 1. The van der Waals surface area contributed by atoms with E-state index in [4.69, 9.17) is 28.3 Å². The molecule has 106 valence electrons. The molecule has 1 aromatic rings. The van der Waals surface area contributed by atoms with Crippen molar-refractivity contribution in [1.29, 1.82) is 0 Å². The highest BCUT2D eigenvalue weighted by Gasteiger charge is 2.39. The summed E-state index contributed by atoms with van der Waals surface area (Å²) >= 11 is 11.7. The largest absolute Gasteiger partial charge is 0.480 e. The maximum absolute atomic E-state index is 12.0. The van der Waals surface area contributed by atoms with Gasteiger partial charge >= 0.3 is 5.97 Å². The molecule has 1 fully saturated rings. The Hall–Kier alpha value is -1.59. The van der Waals surface area contributed by atoms with Crippen LogP contribution in [-0.2, 0) is 20.8 Å². The van der Waals surface area contributed by atoms with Crippen LogP contribution in [0.15, 0.2) is 18.2 Å². The van der Waals surface area contributed by atoms with Crippen LogP contribution in [0, 0.1) is 5.92 Å². The van der Waals surface area contributed by atoms with Crippen molar-refractivity contribution in [1.82, 2.24) is 4.90 Å². The van der Waals surface area contributed by atoms with Crippen LogP contribution in [0.5, 0.6) is 0 Å². The summed E-state index contributed by atoms with van der Waals surface area (Å²) in [5.74, 6) is -2.70. The van der Waals surface area contributed by atoms with Gasteiger partial charge in [0.2, 0.25) is 11.8 Å². The van der Waals surface area contributed by atoms with E-state index in [2.05, 4.69) is 0 Å². The van der Waals surface area contributed by atoms with Crippen molar-refractivity contribution in [3.8, 4) is 0 Å². The van der Waals surface area contributed by atoms with E-state index < -0.39 is 30.2 Å². The Morgan fingerprint density at radius 2 is 1.85 bits per heavy atom. The van der Waals surface area contributed by atoms with E-state index in [0.29, 0.717) is 16.5 Å². The maximum atomic E-state index is 12.0. The molecule has 1 heterocycles. The molecule has 1 N–H and O–H groups in total. The molecule has 2 rings (SSSR count). The molecular formula is C13H11Cl2NO4. The molecule has 0 saturated carbocycles. The number of carbonyl (C=O) groups is 3. The number of benzene rings is 1. The minimum atomic E-state index is -1.21. The van der Waals surface area contributed by atoms with Gasteiger partial charge in [-0.05, 0) is 30.2 Å².